The Morgan fingerprint density at radius 1 is 1.07 bits per heavy atom. The van der Waals surface area contributed by atoms with Crippen LogP contribution in [0.4, 0.5) is 16.2 Å². The van der Waals surface area contributed by atoms with Gasteiger partial charge in [-0.2, -0.15) is 0 Å². The maximum Gasteiger partial charge on any atom is 0.323 e. The molecule has 0 unspecified atom stereocenters. The van der Waals surface area contributed by atoms with E-state index in [1.807, 2.05) is 18.7 Å². The largest absolute Gasteiger partial charge is 0.377 e. The van der Waals surface area contributed by atoms with Crippen LogP contribution in [-0.4, -0.2) is 42.1 Å². The fraction of sp³-hybridized carbons (Fsp3) is 0.300. The maximum absolute atomic E-state index is 12.9. The second-order valence-corrected chi connectivity index (χ2v) is 7.43. The molecule has 3 rings (SSSR count). The normalized spacial score (nSPS) is 15.9. The minimum atomic E-state index is -0.395. The zero-order chi connectivity index (χ0) is 19.4. The first-order chi connectivity index (χ1) is 12.8. The summed E-state index contributed by atoms with van der Waals surface area (Å²) in [6, 6.07) is 13.3. The highest BCUT2D eigenvalue weighted by Crippen LogP contribution is 2.23. The lowest BCUT2D eigenvalue weighted by Gasteiger charge is -2.42. The van der Waals surface area contributed by atoms with Crippen molar-refractivity contribution in [3.8, 4) is 0 Å². The van der Waals surface area contributed by atoms with E-state index >= 15 is 0 Å². The topological polar surface area (TPSA) is 70.7 Å². The number of nitrogens with zero attached hydrogens (tertiary/aromatic N) is 1. The Balaban J connectivity index is 1.68. The summed E-state index contributed by atoms with van der Waals surface area (Å²) in [7, 11) is 0. The van der Waals surface area contributed by atoms with Crippen LogP contribution in [0.1, 0.15) is 24.2 Å². The number of rotatable bonds is 3. The predicted molar refractivity (Wildman–Crippen MR) is 106 cm³/mol. The van der Waals surface area contributed by atoms with Crippen LogP contribution in [-0.2, 0) is 4.74 Å². The molecule has 0 spiro atoms. The van der Waals surface area contributed by atoms with Gasteiger partial charge < -0.3 is 20.3 Å². The number of anilines is 2. The van der Waals surface area contributed by atoms with E-state index < -0.39 is 6.03 Å². The van der Waals surface area contributed by atoms with E-state index in [-0.39, 0.29) is 11.4 Å². The summed E-state index contributed by atoms with van der Waals surface area (Å²) < 4.78 is 5.47. The van der Waals surface area contributed by atoms with Gasteiger partial charge in [0.25, 0.3) is 5.91 Å². The Labute approximate surface area is 163 Å². The minimum Gasteiger partial charge on any atom is -0.377 e. The van der Waals surface area contributed by atoms with Gasteiger partial charge in [-0.1, -0.05) is 17.7 Å². The highest BCUT2D eigenvalue weighted by molar-refractivity contribution is 6.30. The van der Waals surface area contributed by atoms with E-state index in [0.29, 0.717) is 41.7 Å². The molecule has 142 valence electrons. The molecular formula is C20H22ClN3O3. The highest BCUT2D eigenvalue weighted by Gasteiger charge is 2.34. The second-order valence-electron chi connectivity index (χ2n) is 6.99. The SMILES string of the molecule is CC1(C)COCCN1C(=O)c1cccc(NC(=O)Nc2ccc(Cl)cc2)c1. The average Bonchev–Trinajstić information content (AvgIpc) is 2.63. The van der Waals surface area contributed by atoms with Gasteiger partial charge in [-0.3, -0.25) is 4.79 Å². The molecule has 1 aliphatic rings. The lowest BCUT2D eigenvalue weighted by Crippen LogP contribution is -2.55. The fourth-order valence-electron chi connectivity index (χ4n) is 2.95. The van der Waals surface area contributed by atoms with Crippen molar-refractivity contribution in [2.75, 3.05) is 30.4 Å². The van der Waals surface area contributed by atoms with Crippen LogP contribution in [0.3, 0.4) is 0 Å². The van der Waals surface area contributed by atoms with Gasteiger partial charge >= 0.3 is 6.03 Å². The molecule has 2 N–H and O–H groups in total. The Bertz CT molecular complexity index is 837. The van der Waals surface area contributed by atoms with E-state index in [0.717, 1.165) is 0 Å². The summed E-state index contributed by atoms with van der Waals surface area (Å²) in [5, 5.41) is 6.06. The molecule has 0 bridgehead atoms. The molecule has 2 aromatic rings. The van der Waals surface area contributed by atoms with Crippen LogP contribution in [0.15, 0.2) is 48.5 Å². The number of urea groups is 1. The zero-order valence-corrected chi connectivity index (χ0v) is 16.0. The number of carbonyl (C=O) groups excluding carboxylic acids is 2. The molecule has 7 heteroatoms. The summed E-state index contributed by atoms with van der Waals surface area (Å²) in [6.07, 6.45) is 0. The zero-order valence-electron chi connectivity index (χ0n) is 15.3. The molecule has 0 saturated carbocycles. The van der Waals surface area contributed by atoms with Crippen LogP contribution in [0.5, 0.6) is 0 Å². The number of benzene rings is 2. The van der Waals surface area contributed by atoms with Crippen molar-refractivity contribution >= 4 is 34.9 Å². The Morgan fingerprint density at radius 3 is 2.48 bits per heavy atom. The van der Waals surface area contributed by atoms with Gasteiger partial charge in [0.15, 0.2) is 0 Å². The van der Waals surface area contributed by atoms with Gasteiger partial charge in [0.05, 0.1) is 18.8 Å². The highest BCUT2D eigenvalue weighted by atomic mass is 35.5. The van der Waals surface area contributed by atoms with Crippen molar-refractivity contribution in [1.29, 1.82) is 0 Å². The fourth-order valence-corrected chi connectivity index (χ4v) is 3.07. The number of halogens is 1. The van der Waals surface area contributed by atoms with Crippen LogP contribution >= 0.6 is 11.6 Å². The molecule has 1 aliphatic heterocycles. The summed E-state index contributed by atoms with van der Waals surface area (Å²) in [6.45, 7) is 5.52. The number of hydrogen-bond donors (Lipinski definition) is 2. The number of hydrogen-bond acceptors (Lipinski definition) is 3. The molecule has 2 aromatic carbocycles. The molecule has 1 fully saturated rings. The Hall–Kier alpha value is -2.57. The number of amides is 3. The van der Waals surface area contributed by atoms with E-state index in [4.69, 9.17) is 16.3 Å². The smallest absolute Gasteiger partial charge is 0.323 e. The number of nitrogens with one attached hydrogen (secondary N) is 2. The van der Waals surface area contributed by atoms with Gasteiger partial charge in [0, 0.05) is 28.5 Å². The van der Waals surface area contributed by atoms with Crippen molar-refractivity contribution in [3.05, 3.63) is 59.1 Å². The van der Waals surface area contributed by atoms with E-state index in [2.05, 4.69) is 10.6 Å². The second kappa shape index (κ2) is 7.98. The molecule has 1 heterocycles. The van der Waals surface area contributed by atoms with Crippen molar-refractivity contribution < 1.29 is 14.3 Å². The first-order valence-corrected chi connectivity index (χ1v) is 9.06. The Kier molecular flexibility index (Phi) is 5.68. The van der Waals surface area contributed by atoms with Gasteiger partial charge in [0.1, 0.15) is 0 Å². The van der Waals surface area contributed by atoms with Gasteiger partial charge in [-0.25, -0.2) is 4.79 Å². The third-order valence-corrected chi connectivity index (χ3v) is 4.61. The molecule has 3 amide bonds. The molecule has 1 saturated heterocycles. The lowest BCUT2D eigenvalue weighted by molar-refractivity contribution is -0.0370. The van der Waals surface area contributed by atoms with E-state index in [9.17, 15) is 9.59 Å². The standard InChI is InChI=1S/C20H22ClN3O3/c1-20(2)13-27-11-10-24(20)18(25)14-4-3-5-17(12-14)23-19(26)22-16-8-6-15(21)7-9-16/h3-9,12H,10-11,13H2,1-2H3,(H2,22,23,26). The number of morpholine rings is 1. The molecule has 0 aliphatic carbocycles. The van der Waals surface area contributed by atoms with Crippen molar-refractivity contribution in [1.82, 2.24) is 4.90 Å². The summed E-state index contributed by atoms with van der Waals surface area (Å²) in [5.74, 6) is -0.0786. The quantitative estimate of drug-likeness (QED) is 0.827. The number of carbonyl (C=O) groups is 2. The predicted octanol–water partition coefficient (Wildman–Crippen LogP) is 4.24. The average molecular weight is 388 g/mol. The maximum atomic E-state index is 12.9. The summed E-state index contributed by atoms with van der Waals surface area (Å²) >= 11 is 5.84. The molecule has 0 radical (unpaired) electrons. The molecule has 27 heavy (non-hydrogen) atoms. The van der Waals surface area contributed by atoms with Gasteiger partial charge in [0.2, 0.25) is 0 Å². The van der Waals surface area contributed by atoms with Crippen LogP contribution in [0.25, 0.3) is 0 Å². The first kappa shape index (κ1) is 19.2. The van der Waals surface area contributed by atoms with Crippen LogP contribution in [0, 0.1) is 0 Å². The van der Waals surface area contributed by atoms with Crippen molar-refractivity contribution in [3.63, 3.8) is 0 Å². The minimum absolute atomic E-state index is 0.0786. The van der Waals surface area contributed by atoms with Crippen molar-refractivity contribution in [2.24, 2.45) is 0 Å². The first-order valence-electron chi connectivity index (χ1n) is 8.68. The molecular weight excluding hydrogens is 366 g/mol. The van der Waals surface area contributed by atoms with Gasteiger partial charge in [-0.05, 0) is 56.3 Å². The lowest BCUT2D eigenvalue weighted by atomic mass is 10.0. The molecule has 6 nitrogen and oxygen atoms in total. The van der Waals surface area contributed by atoms with Gasteiger partial charge in [-0.15, -0.1) is 0 Å². The Morgan fingerprint density at radius 2 is 1.78 bits per heavy atom. The molecule has 0 aromatic heterocycles. The monoisotopic (exact) mass is 387 g/mol. The third-order valence-electron chi connectivity index (χ3n) is 4.36. The van der Waals surface area contributed by atoms with Crippen molar-refractivity contribution in [2.45, 2.75) is 19.4 Å². The summed E-state index contributed by atoms with van der Waals surface area (Å²) in [5.41, 5.74) is 1.32. The van der Waals surface area contributed by atoms with Crippen LogP contribution < -0.4 is 10.6 Å². The van der Waals surface area contributed by atoms with E-state index in [1.54, 1.807) is 48.5 Å². The summed E-state index contributed by atoms with van der Waals surface area (Å²) in [4.78, 5) is 26.9. The van der Waals surface area contributed by atoms with E-state index in [1.165, 1.54) is 0 Å². The number of ether oxygens (including phenoxy) is 1. The molecule has 0 atom stereocenters. The van der Waals surface area contributed by atoms with Crippen LogP contribution in [0.2, 0.25) is 5.02 Å². The third kappa shape index (κ3) is 4.78.